The molecule has 1 amide bonds. The first-order valence-corrected chi connectivity index (χ1v) is 14.3. The first-order chi connectivity index (χ1) is 17.0. The lowest BCUT2D eigenvalue weighted by Crippen LogP contribution is -2.72. The molecule has 6 rings (SSSR count). The Labute approximate surface area is 212 Å². The Bertz CT molecular complexity index is 926. The SMILES string of the molecule is C=NC1=C(C=NC2CCN(S(=O)N3CC4(CNC4)C3)CC2)C2(CC2)C(=O)N1C1CCCC1C.CN. The van der Waals surface area contributed by atoms with E-state index in [1.54, 1.807) is 0 Å². The molecule has 4 heterocycles. The van der Waals surface area contributed by atoms with Gasteiger partial charge in [-0.2, -0.15) is 0 Å². The smallest absolute Gasteiger partial charge is 0.239 e. The van der Waals surface area contributed by atoms with E-state index in [9.17, 15) is 9.00 Å². The topological polar surface area (TPSA) is 107 Å². The van der Waals surface area contributed by atoms with Crippen molar-refractivity contribution in [1.82, 2.24) is 18.8 Å². The molecule has 0 bridgehead atoms. The molecule has 0 aromatic heterocycles. The molecule has 3 N–H and O–H groups in total. The van der Waals surface area contributed by atoms with E-state index >= 15 is 0 Å². The van der Waals surface area contributed by atoms with Crippen molar-refractivity contribution in [2.75, 3.05) is 46.3 Å². The van der Waals surface area contributed by atoms with Crippen molar-refractivity contribution in [3.05, 3.63) is 11.4 Å². The highest BCUT2D eigenvalue weighted by atomic mass is 32.2. The lowest BCUT2D eigenvalue weighted by Gasteiger charge is -2.55. The molecule has 3 saturated heterocycles. The van der Waals surface area contributed by atoms with Crippen LogP contribution in [-0.4, -0.2) is 95.0 Å². The summed E-state index contributed by atoms with van der Waals surface area (Å²) < 4.78 is 17.1. The molecule has 9 nitrogen and oxygen atoms in total. The van der Waals surface area contributed by atoms with Crippen LogP contribution in [0.1, 0.15) is 51.9 Å². The van der Waals surface area contributed by atoms with Crippen LogP contribution in [0.25, 0.3) is 0 Å². The van der Waals surface area contributed by atoms with Crippen LogP contribution < -0.4 is 11.1 Å². The van der Waals surface area contributed by atoms with Crippen molar-refractivity contribution in [1.29, 1.82) is 0 Å². The molecule has 2 saturated carbocycles. The monoisotopic (exact) mass is 503 g/mol. The Morgan fingerprint density at radius 1 is 1.11 bits per heavy atom. The molecule has 35 heavy (non-hydrogen) atoms. The van der Waals surface area contributed by atoms with Gasteiger partial charge in [-0.25, -0.2) is 17.8 Å². The highest BCUT2D eigenvalue weighted by molar-refractivity contribution is 7.80. The molecule has 0 radical (unpaired) electrons. The molecular formula is C25H41N7O2S. The third-order valence-corrected chi connectivity index (χ3v) is 10.5. The fourth-order valence-corrected chi connectivity index (χ4v) is 8.18. The van der Waals surface area contributed by atoms with Crippen LogP contribution in [0, 0.1) is 16.7 Å². The van der Waals surface area contributed by atoms with Crippen molar-refractivity contribution in [2.24, 2.45) is 32.5 Å². The summed E-state index contributed by atoms with van der Waals surface area (Å²) in [6, 6.07) is 0.455. The summed E-state index contributed by atoms with van der Waals surface area (Å²) in [6.45, 7) is 11.7. The van der Waals surface area contributed by atoms with Crippen molar-refractivity contribution >= 4 is 30.0 Å². The Hall–Kier alpha value is -1.46. The van der Waals surface area contributed by atoms with Gasteiger partial charge in [-0.3, -0.25) is 14.7 Å². The number of nitrogens with one attached hydrogen (secondary N) is 1. The van der Waals surface area contributed by atoms with Crippen LogP contribution in [0.5, 0.6) is 0 Å². The van der Waals surface area contributed by atoms with E-state index in [2.05, 4.69) is 38.3 Å². The predicted octanol–water partition coefficient (Wildman–Crippen LogP) is 1.30. The van der Waals surface area contributed by atoms with Crippen LogP contribution >= 0.6 is 0 Å². The molecular weight excluding hydrogens is 462 g/mol. The van der Waals surface area contributed by atoms with E-state index in [4.69, 9.17) is 4.99 Å². The van der Waals surface area contributed by atoms with E-state index in [0.29, 0.717) is 11.3 Å². The minimum absolute atomic E-state index is 0.209. The molecule has 5 fully saturated rings. The Balaban J connectivity index is 0.00000124. The van der Waals surface area contributed by atoms with Crippen molar-refractivity contribution < 1.29 is 9.00 Å². The molecule has 0 aromatic rings. The highest BCUT2D eigenvalue weighted by Gasteiger charge is 2.62. The van der Waals surface area contributed by atoms with Gasteiger partial charge >= 0.3 is 0 Å². The number of amides is 1. The molecule has 3 unspecified atom stereocenters. The average Bonchev–Trinajstić information content (AvgIpc) is 3.47. The zero-order valence-corrected chi connectivity index (χ0v) is 22.1. The van der Waals surface area contributed by atoms with Crippen molar-refractivity contribution in [2.45, 2.75) is 64.0 Å². The van der Waals surface area contributed by atoms with Gasteiger partial charge in [-0.15, -0.1) is 0 Å². The minimum atomic E-state index is -1.02. The molecule has 6 aliphatic rings. The summed E-state index contributed by atoms with van der Waals surface area (Å²) in [5.74, 6) is 1.49. The summed E-state index contributed by atoms with van der Waals surface area (Å²) in [5.41, 5.74) is 5.49. The molecule has 0 aromatic carbocycles. The third-order valence-electron chi connectivity index (χ3n) is 8.96. The van der Waals surface area contributed by atoms with E-state index in [-0.39, 0.29) is 18.0 Å². The van der Waals surface area contributed by atoms with Crippen molar-refractivity contribution in [3.63, 3.8) is 0 Å². The fourth-order valence-electron chi connectivity index (χ4n) is 6.56. The maximum Gasteiger partial charge on any atom is 0.239 e. The van der Waals surface area contributed by atoms with Crippen LogP contribution in [-0.2, 0) is 16.0 Å². The van der Waals surface area contributed by atoms with Gasteiger partial charge in [0.2, 0.25) is 5.91 Å². The van der Waals surface area contributed by atoms with Gasteiger partial charge in [0, 0.05) is 62.5 Å². The molecule has 3 atom stereocenters. The minimum Gasteiger partial charge on any atom is -0.333 e. The van der Waals surface area contributed by atoms with Gasteiger partial charge in [0.1, 0.15) is 5.82 Å². The number of rotatable bonds is 6. The van der Waals surface area contributed by atoms with Crippen LogP contribution in [0.15, 0.2) is 21.4 Å². The number of carbonyl (C=O) groups excluding carboxylic acids is 1. The Morgan fingerprint density at radius 2 is 1.80 bits per heavy atom. The van der Waals surface area contributed by atoms with E-state index in [1.807, 2.05) is 11.1 Å². The van der Waals surface area contributed by atoms with Gasteiger partial charge < -0.3 is 11.1 Å². The first kappa shape index (κ1) is 25.2. The zero-order chi connectivity index (χ0) is 24.8. The van der Waals surface area contributed by atoms with Gasteiger partial charge in [0.25, 0.3) is 0 Å². The normalized spacial score (nSPS) is 33.1. The van der Waals surface area contributed by atoms with Crippen LogP contribution in [0.3, 0.4) is 0 Å². The summed E-state index contributed by atoms with van der Waals surface area (Å²) >= 11 is -1.02. The van der Waals surface area contributed by atoms with Gasteiger partial charge in [-0.05, 0) is 58.2 Å². The summed E-state index contributed by atoms with van der Waals surface area (Å²) in [6.07, 6.45) is 8.94. The number of piperidine rings is 1. The zero-order valence-electron chi connectivity index (χ0n) is 21.2. The van der Waals surface area contributed by atoms with Crippen LogP contribution in [0.4, 0.5) is 0 Å². The number of aliphatic imine (C=N–C) groups is 2. The average molecular weight is 504 g/mol. The second-order valence-electron chi connectivity index (χ2n) is 11.2. The molecule has 194 valence electrons. The summed E-state index contributed by atoms with van der Waals surface area (Å²) in [5, 5.41) is 3.33. The predicted molar refractivity (Wildman–Crippen MR) is 140 cm³/mol. The number of hydrogen-bond donors (Lipinski definition) is 2. The van der Waals surface area contributed by atoms with Gasteiger partial charge in [0.05, 0.1) is 11.5 Å². The highest BCUT2D eigenvalue weighted by Crippen LogP contribution is 2.59. The lowest BCUT2D eigenvalue weighted by molar-refractivity contribution is -0.134. The largest absolute Gasteiger partial charge is 0.333 e. The first-order valence-electron chi connectivity index (χ1n) is 13.3. The maximum absolute atomic E-state index is 13.4. The van der Waals surface area contributed by atoms with Gasteiger partial charge in [-0.1, -0.05) is 13.3 Å². The number of nitrogens with zero attached hydrogens (tertiary/aromatic N) is 5. The maximum atomic E-state index is 13.4. The second kappa shape index (κ2) is 9.78. The Morgan fingerprint density at radius 3 is 2.31 bits per heavy atom. The molecule has 2 spiro atoms. The molecule has 10 heteroatoms. The summed E-state index contributed by atoms with van der Waals surface area (Å²) in [4.78, 5) is 24.7. The Kier molecular flexibility index (Phi) is 7.04. The lowest BCUT2D eigenvalue weighted by atomic mass is 9.76. The van der Waals surface area contributed by atoms with E-state index in [0.717, 1.165) is 82.8 Å². The van der Waals surface area contributed by atoms with E-state index in [1.165, 1.54) is 19.9 Å². The number of hydrogen-bond acceptors (Lipinski definition) is 6. The number of nitrogens with two attached hydrogens (primary N) is 1. The van der Waals surface area contributed by atoms with Gasteiger partial charge in [0.15, 0.2) is 11.2 Å². The van der Waals surface area contributed by atoms with Crippen molar-refractivity contribution in [3.8, 4) is 0 Å². The molecule has 4 aliphatic heterocycles. The quantitative estimate of drug-likeness (QED) is 0.533. The van der Waals surface area contributed by atoms with E-state index < -0.39 is 16.6 Å². The number of carbonyl (C=O) groups is 1. The second-order valence-corrected chi connectivity index (χ2v) is 12.7. The molecule has 2 aliphatic carbocycles. The van der Waals surface area contributed by atoms with Crippen LogP contribution in [0.2, 0.25) is 0 Å². The fraction of sp³-hybridized carbons (Fsp3) is 0.800. The standard InChI is InChI=1S/C24H36N6O2S.CH5N/c1-17-4-3-5-20(17)30-21(25-2)19(24(8-9-24)22(30)31)12-27-18-6-10-28(11-7-18)33(32)29-15-23(16-29)13-26-14-23;1-2/h12,17-18,20,26H,2-11,13-16H2,1H3;2H2,1H3. The third kappa shape index (κ3) is 4.25. The summed E-state index contributed by atoms with van der Waals surface area (Å²) in [7, 11) is 1.50.